The number of hydrogen-bond donors (Lipinski definition) is 0. The summed E-state index contributed by atoms with van der Waals surface area (Å²) in [6, 6.07) is 53.6. The molecule has 0 N–H and O–H groups in total. The van der Waals surface area contributed by atoms with Gasteiger partial charge in [0.05, 0.1) is 5.56 Å². The molecule has 4 heteroatoms. The summed E-state index contributed by atoms with van der Waals surface area (Å²) in [5.74, 6) is 0. The van der Waals surface area contributed by atoms with Crippen LogP contribution in [0.5, 0.6) is 0 Å². The molecule has 0 aliphatic rings. The second kappa shape index (κ2) is 11.1. The van der Waals surface area contributed by atoms with Gasteiger partial charge in [-0.1, -0.05) is 146 Å². The summed E-state index contributed by atoms with van der Waals surface area (Å²) >= 11 is 0. The van der Waals surface area contributed by atoms with Crippen molar-refractivity contribution < 1.29 is 17.6 Å². The van der Waals surface area contributed by atoms with Gasteiger partial charge >= 0.3 is 6.18 Å². The highest BCUT2D eigenvalue weighted by molar-refractivity contribution is 6.26. The van der Waals surface area contributed by atoms with Crippen molar-refractivity contribution in [3.05, 3.63) is 169 Å². The monoisotopic (exact) mass is 664 g/mol. The topological polar surface area (TPSA) is 13.1 Å². The zero-order valence-corrected chi connectivity index (χ0v) is 27.1. The van der Waals surface area contributed by atoms with Crippen LogP contribution in [0.25, 0.3) is 98.4 Å². The molecule has 1 nitrogen and oxygen atoms in total. The van der Waals surface area contributed by atoms with Gasteiger partial charge in [0, 0.05) is 10.8 Å². The molecule has 0 amide bonds. The summed E-state index contributed by atoms with van der Waals surface area (Å²) in [5.41, 5.74) is 6.95. The number of alkyl halides is 3. The normalized spacial score (nSPS) is 12.2. The van der Waals surface area contributed by atoms with Gasteiger partial charge in [-0.2, -0.15) is 13.2 Å². The van der Waals surface area contributed by atoms with E-state index in [1.165, 1.54) is 21.9 Å². The number of rotatable bonds is 3. The predicted octanol–water partition coefficient (Wildman–Crippen LogP) is 14.2. The van der Waals surface area contributed by atoms with Gasteiger partial charge in [0.1, 0.15) is 11.2 Å². The zero-order chi connectivity index (χ0) is 34.3. The fourth-order valence-electron chi connectivity index (χ4n) is 8.27. The van der Waals surface area contributed by atoms with Gasteiger partial charge in [0.15, 0.2) is 0 Å². The molecule has 0 aliphatic heterocycles. The second-order valence-corrected chi connectivity index (χ2v) is 13.0. The van der Waals surface area contributed by atoms with Crippen molar-refractivity contribution in [1.29, 1.82) is 0 Å². The highest BCUT2D eigenvalue weighted by Gasteiger charge is 2.35. The van der Waals surface area contributed by atoms with E-state index in [0.29, 0.717) is 16.4 Å². The average molecular weight is 665 g/mol. The zero-order valence-electron chi connectivity index (χ0n) is 27.1. The average Bonchev–Trinajstić information content (AvgIpc) is 3.54. The Hall–Kier alpha value is -6.39. The maximum atomic E-state index is 14.6. The largest absolute Gasteiger partial charge is 0.456 e. The fourth-order valence-corrected chi connectivity index (χ4v) is 8.27. The third-order valence-electron chi connectivity index (χ3n) is 10.3. The SMILES string of the molecule is FC(F)(F)c1c2ccccc2c(-c2ccc3c(c2)oc2cccc(-c4c5ccccc5c(-c5ccccc5)c5ccccc45)c23)c2ccccc12. The quantitative estimate of drug-likeness (QED) is 0.171. The lowest BCUT2D eigenvalue weighted by atomic mass is 9.85. The second-order valence-electron chi connectivity index (χ2n) is 13.0. The fraction of sp³-hybridized carbons (Fsp3) is 0.0213. The Morgan fingerprint density at radius 3 is 1.37 bits per heavy atom. The van der Waals surface area contributed by atoms with Crippen LogP contribution in [-0.4, -0.2) is 0 Å². The van der Waals surface area contributed by atoms with E-state index in [1.807, 2.05) is 30.3 Å². The van der Waals surface area contributed by atoms with Crippen LogP contribution in [0, 0.1) is 0 Å². The smallest absolute Gasteiger partial charge is 0.417 e. The number of fused-ring (bicyclic) bond motifs is 7. The Morgan fingerprint density at radius 2 is 0.824 bits per heavy atom. The molecule has 51 heavy (non-hydrogen) atoms. The van der Waals surface area contributed by atoms with Crippen LogP contribution in [0.15, 0.2) is 168 Å². The van der Waals surface area contributed by atoms with E-state index in [2.05, 4.69) is 84.9 Å². The number of furan rings is 1. The molecular formula is C47H27F3O. The first kappa shape index (κ1) is 29.5. The first-order valence-electron chi connectivity index (χ1n) is 16.9. The molecule has 1 heterocycles. The van der Waals surface area contributed by atoms with Crippen molar-refractivity contribution in [2.24, 2.45) is 0 Å². The van der Waals surface area contributed by atoms with E-state index in [0.717, 1.165) is 49.4 Å². The molecule has 10 aromatic rings. The third-order valence-corrected chi connectivity index (χ3v) is 10.3. The molecule has 1 aromatic heterocycles. The van der Waals surface area contributed by atoms with Crippen LogP contribution in [0.2, 0.25) is 0 Å². The highest BCUT2D eigenvalue weighted by atomic mass is 19.4. The van der Waals surface area contributed by atoms with Crippen molar-refractivity contribution >= 4 is 65.0 Å². The van der Waals surface area contributed by atoms with Crippen LogP contribution >= 0.6 is 0 Å². The standard InChI is InChI=1S/C47H27F3O/c48-47(49,50)46-36-21-10-8-19-34(36)43(35-20-9-11-22-37(35)46)29-25-26-38-41(27-29)51-40-24-12-23-39(45(38)40)44-32-17-6-4-15-30(32)42(28-13-2-1-3-14-28)31-16-5-7-18-33(31)44/h1-27H. The molecule has 0 aliphatic carbocycles. The molecule has 0 saturated carbocycles. The minimum absolute atomic E-state index is 0.184. The molecule has 242 valence electrons. The highest BCUT2D eigenvalue weighted by Crippen LogP contribution is 2.49. The Balaban J connectivity index is 1.26. The van der Waals surface area contributed by atoms with Gasteiger partial charge in [0.25, 0.3) is 0 Å². The molecule has 10 rings (SSSR count). The predicted molar refractivity (Wildman–Crippen MR) is 205 cm³/mol. The van der Waals surface area contributed by atoms with E-state index in [1.54, 1.807) is 48.5 Å². The van der Waals surface area contributed by atoms with Gasteiger partial charge in [-0.3, -0.25) is 0 Å². The van der Waals surface area contributed by atoms with Crippen LogP contribution in [-0.2, 0) is 6.18 Å². The Kier molecular flexibility index (Phi) is 6.40. The summed E-state index contributed by atoms with van der Waals surface area (Å²) in [6.45, 7) is 0. The third kappa shape index (κ3) is 4.43. The van der Waals surface area contributed by atoms with Crippen LogP contribution in [0.3, 0.4) is 0 Å². The van der Waals surface area contributed by atoms with Gasteiger partial charge in [-0.15, -0.1) is 0 Å². The summed E-state index contributed by atoms with van der Waals surface area (Å²) < 4.78 is 50.3. The molecular weight excluding hydrogens is 638 g/mol. The van der Waals surface area contributed by atoms with E-state index >= 15 is 0 Å². The molecule has 9 aromatic carbocycles. The minimum Gasteiger partial charge on any atom is -0.456 e. The lowest BCUT2D eigenvalue weighted by molar-refractivity contribution is -0.135. The molecule has 0 bridgehead atoms. The molecule has 0 fully saturated rings. The van der Waals surface area contributed by atoms with Crippen LogP contribution < -0.4 is 0 Å². The first-order chi connectivity index (χ1) is 25.0. The van der Waals surface area contributed by atoms with E-state index in [4.69, 9.17) is 4.42 Å². The van der Waals surface area contributed by atoms with Gasteiger partial charge < -0.3 is 4.42 Å². The lowest BCUT2D eigenvalue weighted by Gasteiger charge is -2.19. The Labute approximate surface area is 290 Å². The van der Waals surface area contributed by atoms with Crippen molar-refractivity contribution in [1.82, 2.24) is 0 Å². The van der Waals surface area contributed by atoms with Crippen molar-refractivity contribution in [2.75, 3.05) is 0 Å². The number of halogens is 3. The van der Waals surface area contributed by atoms with Crippen LogP contribution in [0.1, 0.15) is 5.56 Å². The molecule has 0 radical (unpaired) electrons. The van der Waals surface area contributed by atoms with E-state index in [-0.39, 0.29) is 10.8 Å². The first-order valence-corrected chi connectivity index (χ1v) is 16.9. The molecule has 0 saturated heterocycles. The van der Waals surface area contributed by atoms with Crippen molar-refractivity contribution in [3.8, 4) is 33.4 Å². The summed E-state index contributed by atoms with van der Waals surface area (Å²) in [4.78, 5) is 0. The maximum absolute atomic E-state index is 14.6. The Morgan fingerprint density at radius 1 is 0.353 bits per heavy atom. The Bertz CT molecular complexity index is 2890. The molecule has 0 spiro atoms. The number of hydrogen-bond acceptors (Lipinski definition) is 1. The van der Waals surface area contributed by atoms with Gasteiger partial charge in [0.2, 0.25) is 0 Å². The van der Waals surface area contributed by atoms with Gasteiger partial charge in [-0.05, 0) is 94.7 Å². The van der Waals surface area contributed by atoms with Gasteiger partial charge in [-0.25, -0.2) is 0 Å². The van der Waals surface area contributed by atoms with E-state index in [9.17, 15) is 13.2 Å². The summed E-state index contributed by atoms with van der Waals surface area (Å²) in [5, 5.41) is 8.07. The maximum Gasteiger partial charge on any atom is 0.417 e. The summed E-state index contributed by atoms with van der Waals surface area (Å²) in [7, 11) is 0. The van der Waals surface area contributed by atoms with E-state index < -0.39 is 11.7 Å². The van der Waals surface area contributed by atoms with Crippen LogP contribution in [0.4, 0.5) is 13.2 Å². The summed E-state index contributed by atoms with van der Waals surface area (Å²) in [6.07, 6.45) is -4.51. The number of benzene rings is 9. The lowest BCUT2D eigenvalue weighted by Crippen LogP contribution is -2.07. The van der Waals surface area contributed by atoms with Crippen molar-refractivity contribution in [3.63, 3.8) is 0 Å². The molecule has 0 atom stereocenters. The minimum atomic E-state index is -4.51. The van der Waals surface area contributed by atoms with Crippen molar-refractivity contribution in [2.45, 2.75) is 6.18 Å². The molecule has 0 unspecified atom stereocenters.